The molecule has 2 atom stereocenters. The molecule has 94 valence electrons. The van der Waals surface area contributed by atoms with Crippen molar-refractivity contribution in [3.63, 3.8) is 0 Å². The molecule has 17 heavy (non-hydrogen) atoms. The fourth-order valence-corrected chi connectivity index (χ4v) is 3.14. The van der Waals surface area contributed by atoms with Crippen LogP contribution in [-0.4, -0.2) is 29.6 Å². The van der Waals surface area contributed by atoms with Crippen molar-refractivity contribution in [2.24, 2.45) is 0 Å². The second-order valence-corrected chi connectivity index (χ2v) is 5.69. The smallest absolute Gasteiger partial charge is 0.0313 e. The quantitative estimate of drug-likeness (QED) is 0.862. The largest absolute Gasteiger partial charge is 0.315 e. The molecule has 0 spiro atoms. The highest BCUT2D eigenvalue weighted by Crippen LogP contribution is 2.34. The van der Waals surface area contributed by atoms with Crippen LogP contribution in [0.25, 0.3) is 0 Å². The third-order valence-electron chi connectivity index (χ3n) is 4.25. The van der Waals surface area contributed by atoms with E-state index in [-0.39, 0.29) is 5.54 Å². The lowest BCUT2D eigenvalue weighted by Gasteiger charge is -2.37. The van der Waals surface area contributed by atoms with Gasteiger partial charge in [-0.15, -0.1) is 0 Å². The van der Waals surface area contributed by atoms with Gasteiger partial charge in [-0.1, -0.05) is 30.3 Å². The topological polar surface area (TPSA) is 15.3 Å². The fraction of sp³-hybridized carbons (Fsp3) is 0.600. The van der Waals surface area contributed by atoms with E-state index in [1.807, 2.05) is 0 Å². The van der Waals surface area contributed by atoms with Crippen LogP contribution < -0.4 is 5.32 Å². The van der Waals surface area contributed by atoms with Gasteiger partial charge in [0.25, 0.3) is 0 Å². The standard InChI is InChI=1S/C15H24N2/c1-12-10-14(16-4)15(2,3)17(12)11-13-8-6-5-7-9-13/h5-9,12,14,16H,10-11H2,1-4H3. The highest BCUT2D eigenvalue weighted by Gasteiger charge is 2.44. The Labute approximate surface area is 105 Å². The van der Waals surface area contributed by atoms with Crippen LogP contribution in [0.1, 0.15) is 32.8 Å². The molecule has 1 aromatic rings. The zero-order valence-corrected chi connectivity index (χ0v) is 11.4. The first-order valence-electron chi connectivity index (χ1n) is 6.53. The SMILES string of the molecule is CNC1CC(C)N(Cc2ccccc2)C1(C)C. The molecule has 1 N–H and O–H groups in total. The van der Waals surface area contributed by atoms with Crippen LogP contribution in [0.2, 0.25) is 0 Å². The van der Waals surface area contributed by atoms with Crippen molar-refractivity contribution in [1.29, 1.82) is 0 Å². The van der Waals surface area contributed by atoms with Crippen molar-refractivity contribution >= 4 is 0 Å². The van der Waals surface area contributed by atoms with Gasteiger partial charge in [-0.2, -0.15) is 0 Å². The molecule has 1 saturated heterocycles. The minimum atomic E-state index is 0.226. The van der Waals surface area contributed by atoms with Gasteiger partial charge in [0.15, 0.2) is 0 Å². The van der Waals surface area contributed by atoms with E-state index in [9.17, 15) is 0 Å². The molecule has 1 aromatic carbocycles. The van der Waals surface area contributed by atoms with E-state index in [1.165, 1.54) is 12.0 Å². The van der Waals surface area contributed by atoms with Crippen LogP contribution in [0, 0.1) is 0 Å². The van der Waals surface area contributed by atoms with Gasteiger partial charge in [-0.05, 0) is 39.8 Å². The molecule has 0 radical (unpaired) electrons. The number of likely N-dealkylation sites (N-methyl/N-ethyl adjacent to an activating group) is 1. The summed E-state index contributed by atoms with van der Waals surface area (Å²) in [5.41, 5.74) is 1.63. The molecule has 0 amide bonds. The third-order valence-corrected chi connectivity index (χ3v) is 4.25. The van der Waals surface area contributed by atoms with Crippen molar-refractivity contribution < 1.29 is 0 Å². The van der Waals surface area contributed by atoms with E-state index in [0.29, 0.717) is 12.1 Å². The Hall–Kier alpha value is -0.860. The molecule has 2 rings (SSSR count). The highest BCUT2D eigenvalue weighted by atomic mass is 15.3. The molecule has 2 nitrogen and oxygen atoms in total. The van der Waals surface area contributed by atoms with Crippen LogP contribution in [0.4, 0.5) is 0 Å². The first-order valence-corrected chi connectivity index (χ1v) is 6.53. The van der Waals surface area contributed by atoms with Crippen molar-refractivity contribution in [2.75, 3.05) is 7.05 Å². The number of hydrogen-bond donors (Lipinski definition) is 1. The minimum Gasteiger partial charge on any atom is -0.315 e. The van der Waals surface area contributed by atoms with Gasteiger partial charge in [0.2, 0.25) is 0 Å². The Balaban J connectivity index is 2.15. The number of hydrogen-bond acceptors (Lipinski definition) is 2. The van der Waals surface area contributed by atoms with Gasteiger partial charge in [0.05, 0.1) is 0 Å². The van der Waals surface area contributed by atoms with E-state index in [2.05, 4.69) is 68.4 Å². The Bertz CT molecular complexity index is 358. The number of likely N-dealkylation sites (tertiary alicyclic amines) is 1. The molecular formula is C15H24N2. The molecule has 1 fully saturated rings. The van der Waals surface area contributed by atoms with Crippen LogP contribution in [0.5, 0.6) is 0 Å². The monoisotopic (exact) mass is 232 g/mol. The number of nitrogens with one attached hydrogen (secondary N) is 1. The molecule has 0 aliphatic carbocycles. The molecule has 1 heterocycles. The van der Waals surface area contributed by atoms with Gasteiger partial charge in [0.1, 0.15) is 0 Å². The van der Waals surface area contributed by atoms with Gasteiger partial charge in [-0.3, -0.25) is 4.90 Å². The number of benzene rings is 1. The summed E-state index contributed by atoms with van der Waals surface area (Å²) in [6, 6.07) is 12.0. The molecule has 1 aliphatic heterocycles. The zero-order valence-electron chi connectivity index (χ0n) is 11.4. The Morgan fingerprint density at radius 3 is 2.47 bits per heavy atom. The summed E-state index contributed by atoms with van der Waals surface area (Å²) in [4.78, 5) is 2.61. The fourth-order valence-electron chi connectivity index (χ4n) is 3.14. The normalized spacial score (nSPS) is 28.5. The van der Waals surface area contributed by atoms with E-state index < -0.39 is 0 Å². The highest BCUT2D eigenvalue weighted by molar-refractivity contribution is 5.16. The van der Waals surface area contributed by atoms with E-state index in [1.54, 1.807) is 0 Å². The average molecular weight is 232 g/mol. The van der Waals surface area contributed by atoms with Crippen molar-refractivity contribution in [2.45, 2.75) is 51.4 Å². The molecule has 0 bridgehead atoms. The third kappa shape index (κ3) is 2.38. The molecule has 1 aliphatic rings. The molecule has 2 heteroatoms. The van der Waals surface area contributed by atoms with Gasteiger partial charge in [-0.25, -0.2) is 0 Å². The van der Waals surface area contributed by atoms with Crippen molar-refractivity contribution in [3.8, 4) is 0 Å². The van der Waals surface area contributed by atoms with Crippen LogP contribution in [-0.2, 0) is 6.54 Å². The van der Waals surface area contributed by atoms with Crippen LogP contribution >= 0.6 is 0 Å². The summed E-state index contributed by atoms with van der Waals surface area (Å²) in [6.45, 7) is 8.08. The van der Waals surface area contributed by atoms with Crippen LogP contribution in [0.3, 0.4) is 0 Å². The molecule has 0 saturated carbocycles. The molecular weight excluding hydrogens is 208 g/mol. The van der Waals surface area contributed by atoms with Crippen molar-refractivity contribution in [3.05, 3.63) is 35.9 Å². The maximum Gasteiger partial charge on any atom is 0.0313 e. The number of nitrogens with zero attached hydrogens (tertiary/aromatic N) is 1. The first kappa shape index (κ1) is 12.6. The van der Waals surface area contributed by atoms with Gasteiger partial charge >= 0.3 is 0 Å². The Morgan fingerprint density at radius 1 is 1.29 bits per heavy atom. The lowest BCUT2D eigenvalue weighted by atomic mass is 9.95. The summed E-state index contributed by atoms with van der Waals surface area (Å²) >= 11 is 0. The average Bonchev–Trinajstić information content (AvgIpc) is 2.53. The van der Waals surface area contributed by atoms with Crippen molar-refractivity contribution in [1.82, 2.24) is 10.2 Å². The summed E-state index contributed by atoms with van der Waals surface area (Å²) < 4.78 is 0. The Kier molecular flexibility index (Phi) is 3.55. The van der Waals surface area contributed by atoms with Crippen LogP contribution in [0.15, 0.2) is 30.3 Å². The minimum absolute atomic E-state index is 0.226. The lowest BCUT2D eigenvalue weighted by molar-refractivity contribution is 0.114. The van der Waals surface area contributed by atoms with E-state index in [0.717, 1.165) is 6.54 Å². The second-order valence-electron chi connectivity index (χ2n) is 5.69. The number of rotatable bonds is 3. The van der Waals surface area contributed by atoms with E-state index in [4.69, 9.17) is 0 Å². The Morgan fingerprint density at radius 2 is 1.94 bits per heavy atom. The second kappa shape index (κ2) is 4.79. The zero-order chi connectivity index (χ0) is 12.5. The summed E-state index contributed by atoms with van der Waals surface area (Å²) in [7, 11) is 2.07. The first-order chi connectivity index (χ1) is 8.05. The molecule has 0 aromatic heterocycles. The maximum absolute atomic E-state index is 3.46. The predicted octanol–water partition coefficient (Wildman–Crippen LogP) is 2.65. The predicted molar refractivity (Wildman–Crippen MR) is 73.0 cm³/mol. The van der Waals surface area contributed by atoms with Gasteiger partial charge < -0.3 is 5.32 Å². The lowest BCUT2D eigenvalue weighted by Crippen LogP contribution is -2.50. The molecule has 2 unspecified atom stereocenters. The van der Waals surface area contributed by atoms with E-state index >= 15 is 0 Å². The summed E-state index contributed by atoms with van der Waals surface area (Å²) in [5, 5.41) is 3.46. The van der Waals surface area contributed by atoms with Gasteiger partial charge in [0, 0.05) is 24.2 Å². The maximum atomic E-state index is 3.46. The summed E-state index contributed by atoms with van der Waals surface area (Å²) in [6.07, 6.45) is 1.23. The summed E-state index contributed by atoms with van der Waals surface area (Å²) in [5.74, 6) is 0.